The lowest BCUT2D eigenvalue weighted by atomic mass is 10.0. The topological polar surface area (TPSA) is 33.1 Å². The van der Waals surface area contributed by atoms with Crippen LogP contribution in [0.25, 0.3) is 0 Å². The Kier molecular flexibility index (Phi) is 3.44. The monoisotopic (exact) mass is 253 g/mol. The molecule has 0 saturated heterocycles. The van der Waals surface area contributed by atoms with E-state index in [9.17, 15) is 5.11 Å². The molecule has 4 heteroatoms. The Morgan fingerprint density at radius 3 is 2.44 bits per heavy atom. The Morgan fingerprint density at radius 1 is 1.06 bits per heavy atom. The standard InChI is InChI=1S/C12H9Cl2NO/c13-9-1-2-11(14)10(7-9)12(16)8-3-5-15-6-4-8/h1-7,12,16H/t12-/m0/s1. The van der Waals surface area contributed by atoms with Crippen LogP contribution in [0.3, 0.4) is 0 Å². The molecule has 1 aromatic heterocycles. The number of benzene rings is 1. The molecule has 1 N–H and O–H groups in total. The molecule has 1 heterocycles. The first kappa shape index (κ1) is 11.4. The van der Waals surface area contributed by atoms with Gasteiger partial charge in [0.05, 0.1) is 0 Å². The minimum atomic E-state index is -0.783. The van der Waals surface area contributed by atoms with Crippen molar-refractivity contribution < 1.29 is 5.11 Å². The fraction of sp³-hybridized carbons (Fsp3) is 0.0833. The van der Waals surface area contributed by atoms with Crippen molar-refractivity contribution in [3.63, 3.8) is 0 Å². The van der Waals surface area contributed by atoms with Crippen molar-refractivity contribution in [3.8, 4) is 0 Å². The summed E-state index contributed by atoms with van der Waals surface area (Å²) < 4.78 is 0. The van der Waals surface area contributed by atoms with Crippen molar-refractivity contribution in [2.45, 2.75) is 6.10 Å². The number of rotatable bonds is 2. The van der Waals surface area contributed by atoms with Gasteiger partial charge in [-0.25, -0.2) is 0 Å². The van der Waals surface area contributed by atoms with Gasteiger partial charge in [-0.3, -0.25) is 4.98 Å². The van der Waals surface area contributed by atoms with Crippen LogP contribution in [0, 0.1) is 0 Å². The summed E-state index contributed by atoms with van der Waals surface area (Å²) in [5.41, 5.74) is 1.33. The van der Waals surface area contributed by atoms with Crippen LogP contribution in [-0.2, 0) is 0 Å². The van der Waals surface area contributed by atoms with Crippen LogP contribution in [0.4, 0.5) is 0 Å². The maximum atomic E-state index is 10.1. The summed E-state index contributed by atoms with van der Waals surface area (Å²) in [7, 11) is 0. The first-order valence-electron chi connectivity index (χ1n) is 4.71. The normalized spacial score (nSPS) is 12.4. The highest BCUT2D eigenvalue weighted by molar-refractivity contribution is 6.33. The van der Waals surface area contributed by atoms with Gasteiger partial charge in [0.1, 0.15) is 6.10 Å². The molecule has 2 rings (SSSR count). The third-order valence-electron chi connectivity index (χ3n) is 2.27. The summed E-state index contributed by atoms with van der Waals surface area (Å²) >= 11 is 11.9. The van der Waals surface area contributed by atoms with Crippen molar-refractivity contribution in [2.75, 3.05) is 0 Å². The molecule has 0 spiro atoms. The third-order valence-corrected chi connectivity index (χ3v) is 2.85. The first-order valence-corrected chi connectivity index (χ1v) is 5.47. The van der Waals surface area contributed by atoms with E-state index in [1.165, 1.54) is 0 Å². The summed E-state index contributed by atoms with van der Waals surface area (Å²) in [6, 6.07) is 8.50. The second-order valence-corrected chi connectivity index (χ2v) is 4.19. The summed E-state index contributed by atoms with van der Waals surface area (Å²) in [6.07, 6.45) is 2.46. The van der Waals surface area contributed by atoms with Crippen LogP contribution in [-0.4, -0.2) is 10.1 Å². The van der Waals surface area contributed by atoms with Crippen molar-refractivity contribution in [3.05, 3.63) is 63.9 Å². The molecule has 0 bridgehead atoms. The number of hydrogen-bond acceptors (Lipinski definition) is 2. The van der Waals surface area contributed by atoms with E-state index in [1.54, 1.807) is 42.7 Å². The van der Waals surface area contributed by atoms with Crippen LogP contribution in [0.1, 0.15) is 17.2 Å². The number of pyridine rings is 1. The Balaban J connectivity index is 2.41. The van der Waals surface area contributed by atoms with Gasteiger partial charge in [0, 0.05) is 28.0 Å². The predicted octanol–water partition coefficient (Wildman–Crippen LogP) is 3.47. The van der Waals surface area contributed by atoms with Crippen LogP contribution in [0.2, 0.25) is 10.0 Å². The number of aliphatic hydroxyl groups is 1. The van der Waals surface area contributed by atoms with Crippen molar-refractivity contribution in [1.82, 2.24) is 4.98 Å². The van der Waals surface area contributed by atoms with Gasteiger partial charge >= 0.3 is 0 Å². The van der Waals surface area contributed by atoms with Crippen molar-refractivity contribution in [1.29, 1.82) is 0 Å². The predicted molar refractivity (Wildman–Crippen MR) is 64.8 cm³/mol. The molecular formula is C12H9Cl2NO. The number of hydrogen-bond donors (Lipinski definition) is 1. The highest BCUT2D eigenvalue weighted by Gasteiger charge is 2.13. The van der Waals surface area contributed by atoms with E-state index in [4.69, 9.17) is 23.2 Å². The maximum Gasteiger partial charge on any atom is 0.106 e. The highest BCUT2D eigenvalue weighted by atomic mass is 35.5. The van der Waals surface area contributed by atoms with E-state index in [0.29, 0.717) is 15.6 Å². The third kappa shape index (κ3) is 2.35. The first-order chi connectivity index (χ1) is 7.68. The van der Waals surface area contributed by atoms with Crippen LogP contribution < -0.4 is 0 Å². The summed E-state index contributed by atoms with van der Waals surface area (Å²) in [6.45, 7) is 0. The van der Waals surface area contributed by atoms with E-state index in [0.717, 1.165) is 5.56 Å². The van der Waals surface area contributed by atoms with Crippen LogP contribution >= 0.6 is 23.2 Å². The van der Waals surface area contributed by atoms with E-state index in [2.05, 4.69) is 4.98 Å². The quantitative estimate of drug-likeness (QED) is 0.890. The Labute approximate surface area is 103 Å². The minimum Gasteiger partial charge on any atom is -0.384 e. The molecular weight excluding hydrogens is 245 g/mol. The number of aromatic nitrogens is 1. The molecule has 0 radical (unpaired) electrons. The van der Waals surface area contributed by atoms with Gasteiger partial charge in [-0.1, -0.05) is 23.2 Å². The van der Waals surface area contributed by atoms with E-state index < -0.39 is 6.10 Å². The van der Waals surface area contributed by atoms with E-state index >= 15 is 0 Å². The Bertz CT molecular complexity index is 488. The maximum absolute atomic E-state index is 10.1. The second kappa shape index (κ2) is 4.83. The van der Waals surface area contributed by atoms with Crippen LogP contribution in [0.5, 0.6) is 0 Å². The van der Waals surface area contributed by atoms with Gasteiger partial charge < -0.3 is 5.11 Å². The molecule has 0 amide bonds. The molecule has 16 heavy (non-hydrogen) atoms. The van der Waals surface area contributed by atoms with Gasteiger partial charge in [-0.05, 0) is 35.9 Å². The van der Waals surface area contributed by atoms with Gasteiger partial charge in [0.25, 0.3) is 0 Å². The van der Waals surface area contributed by atoms with Crippen LogP contribution in [0.15, 0.2) is 42.7 Å². The Hall–Kier alpha value is -1.09. The smallest absolute Gasteiger partial charge is 0.106 e. The molecule has 0 saturated carbocycles. The second-order valence-electron chi connectivity index (χ2n) is 3.35. The molecule has 0 unspecified atom stereocenters. The lowest BCUT2D eigenvalue weighted by Gasteiger charge is -2.13. The molecule has 0 aliphatic carbocycles. The van der Waals surface area contributed by atoms with Gasteiger partial charge in [-0.2, -0.15) is 0 Å². The van der Waals surface area contributed by atoms with Crippen molar-refractivity contribution >= 4 is 23.2 Å². The molecule has 2 nitrogen and oxygen atoms in total. The molecule has 0 fully saturated rings. The zero-order chi connectivity index (χ0) is 11.5. The number of aliphatic hydroxyl groups excluding tert-OH is 1. The molecule has 1 aromatic carbocycles. The number of nitrogens with zero attached hydrogens (tertiary/aromatic N) is 1. The average Bonchev–Trinajstić information content (AvgIpc) is 2.32. The zero-order valence-electron chi connectivity index (χ0n) is 8.27. The fourth-order valence-electron chi connectivity index (χ4n) is 1.45. The Morgan fingerprint density at radius 2 is 1.75 bits per heavy atom. The lowest BCUT2D eigenvalue weighted by molar-refractivity contribution is 0.220. The van der Waals surface area contributed by atoms with Crippen molar-refractivity contribution in [2.24, 2.45) is 0 Å². The molecule has 0 aliphatic heterocycles. The summed E-state index contributed by atoms with van der Waals surface area (Å²) in [5.74, 6) is 0. The molecule has 0 aliphatic rings. The van der Waals surface area contributed by atoms with Gasteiger partial charge in [-0.15, -0.1) is 0 Å². The lowest BCUT2D eigenvalue weighted by Crippen LogP contribution is -2.00. The highest BCUT2D eigenvalue weighted by Crippen LogP contribution is 2.30. The van der Waals surface area contributed by atoms with Gasteiger partial charge in [0.15, 0.2) is 0 Å². The molecule has 82 valence electrons. The summed E-state index contributed by atoms with van der Waals surface area (Å²) in [4.78, 5) is 3.89. The fourth-order valence-corrected chi connectivity index (χ4v) is 1.85. The summed E-state index contributed by atoms with van der Waals surface area (Å²) in [5, 5.41) is 11.2. The minimum absolute atomic E-state index is 0.494. The van der Waals surface area contributed by atoms with E-state index in [-0.39, 0.29) is 0 Å². The van der Waals surface area contributed by atoms with E-state index in [1.807, 2.05) is 0 Å². The number of halogens is 2. The SMILES string of the molecule is O[C@@H](c1ccncc1)c1cc(Cl)ccc1Cl. The molecule has 2 aromatic rings. The molecule has 1 atom stereocenters. The zero-order valence-corrected chi connectivity index (χ0v) is 9.78. The average molecular weight is 254 g/mol. The largest absolute Gasteiger partial charge is 0.384 e. The van der Waals surface area contributed by atoms with Gasteiger partial charge in [0.2, 0.25) is 0 Å².